The average molecular weight is 478 g/mol. The first-order valence-corrected chi connectivity index (χ1v) is 12.1. The van der Waals surface area contributed by atoms with Crippen LogP contribution in [0.1, 0.15) is 18.4 Å². The first kappa shape index (κ1) is 22.2. The van der Waals surface area contributed by atoms with Crippen molar-refractivity contribution in [1.82, 2.24) is 14.6 Å². The summed E-state index contributed by atoms with van der Waals surface area (Å²) in [6, 6.07) is 13.7. The lowest BCUT2D eigenvalue weighted by molar-refractivity contribution is -0.120. The van der Waals surface area contributed by atoms with Crippen LogP contribution in [0.3, 0.4) is 0 Å². The van der Waals surface area contributed by atoms with E-state index in [9.17, 15) is 4.79 Å². The SMILES string of the molecule is COc1ccc(NC(=O)C2CCN(c3nn4cc(-c5ccc(C)cc5)nc4s3)CC2)c(OC)c1. The lowest BCUT2D eigenvalue weighted by atomic mass is 9.96. The highest BCUT2D eigenvalue weighted by molar-refractivity contribution is 7.20. The normalized spacial score (nSPS) is 14.4. The number of aromatic nitrogens is 3. The van der Waals surface area contributed by atoms with Gasteiger partial charge >= 0.3 is 0 Å². The van der Waals surface area contributed by atoms with Crippen LogP contribution in [-0.4, -0.2) is 47.8 Å². The second-order valence-electron chi connectivity index (χ2n) is 8.42. The van der Waals surface area contributed by atoms with Crippen molar-refractivity contribution in [2.75, 3.05) is 37.5 Å². The zero-order chi connectivity index (χ0) is 23.7. The number of hydrogen-bond acceptors (Lipinski definition) is 7. The van der Waals surface area contributed by atoms with Gasteiger partial charge in [-0.3, -0.25) is 4.79 Å². The van der Waals surface area contributed by atoms with Crippen molar-refractivity contribution in [1.29, 1.82) is 0 Å². The monoisotopic (exact) mass is 477 g/mol. The molecule has 1 fully saturated rings. The van der Waals surface area contributed by atoms with Gasteiger partial charge in [0.25, 0.3) is 0 Å². The summed E-state index contributed by atoms with van der Waals surface area (Å²) in [5.41, 5.74) is 3.89. The van der Waals surface area contributed by atoms with Gasteiger partial charge in [0.05, 0.1) is 31.8 Å². The van der Waals surface area contributed by atoms with Crippen molar-refractivity contribution in [3.63, 3.8) is 0 Å². The number of nitrogens with zero attached hydrogens (tertiary/aromatic N) is 4. The molecule has 0 bridgehead atoms. The molecule has 0 radical (unpaired) electrons. The van der Waals surface area contributed by atoms with E-state index in [4.69, 9.17) is 19.6 Å². The molecule has 1 amide bonds. The largest absolute Gasteiger partial charge is 0.497 e. The minimum atomic E-state index is -0.0553. The van der Waals surface area contributed by atoms with Gasteiger partial charge in [-0.05, 0) is 31.9 Å². The Labute approximate surface area is 202 Å². The molecule has 1 aliphatic rings. The lowest BCUT2D eigenvalue weighted by Gasteiger charge is -2.30. The molecule has 4 aromatic rings. The average Bonchev–Trinajstić information content (AvgIpc) is 3.44. The van der Waals surface area contributed by atoms with Crippen LogP contribution in [0.25, 0.3) is 16.2 Å². The summed E-state index contributed by atoms with van der Waals surface area (Å²) in [5.74, 6) is 1.23. The first-order chi connectivity index (χ1) is 16.5. The van der Waals surface area contributed by atoms with Crippen LogP contribution in [0.5, 0.6) is 11.5 Å². The Morgan fingerprint density at radius 2 is 1.85 bits per heavy atom. The summed E-state index contributed by atoms with van der Waals surface area (Å²) in [6.07, 6.45) is 3.50. The van der Waals surface area contributed by atoms with E-state index in [1.54, 1.807) is 37.7 Å². The second-order valence-corrected chi connectivity index (χ2v) is 9.36. The predicted molar refractivity (Wildman–Crippen MR) is 134 cm³/mol. The molecule has 2 aromatic heterocycles. The van der Waals surface area contributed by atoms with Gasteiger partial charge in [-0.15, -0.1) is 5.10 Å². The summed E-state index contributed by atoms with van der Waals surface area (Å²) < 4.78 is 12.5. The van der Waals surface area contributed by atoms with Crippen LogP contribution < -0.4 is 19.7 Å². The number of ether oxygens (including phenoxy) is 2. The van der Waals surface area contributed by atoms with Crippen molar-refractivity contribution in [2.24, 2.45) is 5.92 Å². The van der Waals surface area contributed by atoms with Gasteiger partial charge < -0.3 is 19.7 Å². The van der Waals surface area contributed by atoms with Gasteiger partial charge in [0.1, 0.15) is 11.5 Å². The number of nitrogens with one attached hydrogen (secondary N) is 1. The van der Waals surface area contributed by atoms with Gasteiger partial charge in [0, 0.05) is 30.6 Å². The molecule has 0 saturated carbocycles. The number of methoxy groups -OCH3 is 2. The van der Waals surface area contributed by atoms with Gasteiger partial charge in [-0.25, -0.2) is 9.50 Å². The molecule has 5 rings (SSSR count). The first-order valence-electron chi connectivity index (χ1n) is 11.2. The van der Waals surface area contributed by atoms with Gasteiger partial charge in [-0.2, -0.15) is 0 Å². The standard InChI is InChI=1S/C25H27N5O3S/c1-16-4-6-17(7-5-16)21-15-30-24(27-21)34-25(28-30)29-12-10-18(11-13-29)23(31)26-20-9-8-19(32-2)14-22(20)33-3/h4-9,14-15,18H,10-13H2,1-3H3,(H,26,31). The van der Waals surface area contributed by atoms with Gasteiger partial charge in [-0.1, -0.05) is 41.2 Å². The molecule has 2 aromatic carbocycles. The van der Waals surface area contributed by atoms with Crippen molar-refractivity contribution in [3.05, 3.63) is 54.2 Å². The topological polar surface area (TPSA) is 81.0 Å². The maximum absolute atomic E-state index is 12.9. The Morgan fingerprint density at radius 3 is 2.53 bits per heavy atom. The number of carbonyl (C=O) groups is 1. The number of amides is 1. The highest BCUT2D eigenvalue weighted by atomic mass is 32.1. The maximum atomic E-state index is 12.9. The van der Waals surface area contributed by atoms with Crippen molar-refractivity contribution < 1.29 is 14.3 Å². The molecule has 8 nitrogen and oxygen atoms in total. The minimum absolute atomic E-state index is 0.0137. The summed E-state index contributed by atoms with van der Waals surface area (Å²) in [7, 11) is 3.18. The van der Waals surface area contributed by atoms with Crippen LogP contribution in [-0.2, 0) is 4.79 Å². The Balaban J connectivity index is 1.21. The number of aryl methyl sites for hydroxylation is 1. The molecule has 0 aliphatic carbocycles. The third-order valence-corrected chi connectivity index (χ3v) is 7.17. The summed E-state index contributed by atoms with van der Waals surface area (Å²) >= 11 is 1.58. The fourth-order valence-electron chi connectivity index (χ4n) is 4.15. The molecule has 34 heavy (non-hydrogen) atoms. The number of benzene rings is 2. The molecular formula is C25H27N5O3S. The number of imidazole rings is 1. The summed E-state index contributed by atoms with van der Waals surface area (Å²) in [6.45, 7) is 3.63. The number of anilines is 2. The highest BCUT2D eigenvalue weighted by Gasteiger charge is 2.27. The molecule has 0 unspecified atom stereocenters. The highest BCUT2D eigenvalue weighted by Crippen LogP contribution is 2.32. The third-order valence-electron chi connectivity index (χ3n) is 6.18. The third kappa shape index (κ3) is 4.43. The van der Waals surface area contributed by atoms with Gasteiger partial charge in [0.15, 0.2) is 0 Å². The molecule has 1 aliphatic heterocycles. The molecule has 0 atom stereocenters. The Bertz CT molecular complexity index is 1270. The number of carbonyl (C=O) groups excluding carboxylic acids is 1. The molecule has 1 N–H and O–H groups in total. The fourth-order valence-corrected chi connectivity index (χ4v) is 5.09. The number of piperidine rings is 1. The smallest absolute Gasteiger partial charge is 0.227 e. The molecular weight excluding hydrogens is 450 g/mol. The maximum Gasteiger partial charge on any atom is 0.227 e. The summed E-state index contributed by atoms with van der Waals surface area (Å²) in [4.78, 5) is 20.7. The molecule has 3 heterocycles. The lowest BCUT2D eigenvalue weighted by Crippen LogP contribution is -2.38. The van der Waals surface area contributed by atoms with Crippen LogP contribution in [0.15, 0.2) is 48.7 Å². The van der Waals surface area contributed by atoms with E-state index in [1.807, 2.05) is 16.8 Å². The van der Waals surface area contributed by atoms with Crippen molar-refractivity contribution in [3.8, 4) is 22.8 Å². The number of hydrogen-bond donors (Lipinski definition) is 1. The second kappa shape index (κ2) is 9.34. The van der Waals surface area contributed by atoms with Crippen LogP contribution in [0.4, 0.5) is 10.8 Å². The molecule has 176 valence electrons. The quantitative estimate of drug-likeness (QED) is 0.436. The van der Waals surface area contributed by atoms with E-state index >= 15 is 0 Å². The number of fused-ring (bicyclic) bond motifs is 1. The van der Waals surface area contributed by atoms with Crippen molar-refractivity contribution >= 4 is 33.0 Å². The zero-order valence-corrected chi connectivity index (χ0v) is 20.3. The van der Waals surface area contributed by atoms with E-state index < -0.39 is 0 Å². The molecule has 9 heteroatoms. The van der Waals surface area contributed by atoms with E-state index in [1.165, 1.54) is 5.56 Å². The zero-order valence-electron chi connectivity index (χ0n) is 19.4. The van der Waals surface area contributed by atoms with E-state index in [0.717, 1.165) is 47.3 Å². The molecule has 1 saturated heterocycles. The fraction of sp³-hybridized carbons (Fsp3) is 0.320. The van der Waals surface area contributed by atoms with E-state index in [-0.39, 0.29) is 11.8 Å². The van der Waals surface area contributed by atoms with E-state index in [2.05, 4.69) is 41.4 Å². The Kier molecular flexibility index (Phi) is 6.10. The Morgan fingerprint density at radius 1 is 1.09 bits per heavy atom. The van der Waals surface area contributed by atoms with Crippen LogP contribution >= 0.6 is 11.3 Å². The minimum Gasteiger partial charge on any atom is -0.497 e. The molecule has 0 spiro atoms. The summed E-state index contributed by atoms with van der Waals surface area (Å²) in [5, 5.41) is 8.70. The van der Waals surface area contributed by atoms with Gasteiger partial charge in [0.2, 0.25) is 16.0 Å². The van der Waals surface area contributed by atoms with Crippen LogP contribution in [0.2, 0.25) is 0 Å². The van der Waals surface area contributed by atoms with E-state index in [0.29, 0.717) is 17.2 Å². The van der Waals surface area contributed by atoms with Crippen LogP contribution in [0, 0.1) is 12.8 Å². The predicted octanol–water partition coefficient (Wildman–Crippen LogP) is 4.64. The van der Waals surface area contributed by atoms with Crippen molar-refractivity contribution in [2.45, 2.75) is 19.8 Å². The number of rotatable bonds is 6. The Hall–Kier alpha value is -3.59.